The molecule has 4 aliphatic heterocycles. The van der Waals surface area contributed by atoms with Gasteiger partial charge in [-0.25, -0.2) is 0 Å². The van der Waals surface area contributed by atoms with Gasteiger partial charge in [0.05, 0.1) is 31.9 Å². The summed E-state index contributed by atoms with van der Waals surface area (Å²) in [5.74, 6) is -3.24. The highest BCUT2D eigenvalue weighted by molar-refractivity contribution is 5.99. The van der Waals surface area contributed by atoms with Gasteiger partial charge in [-0.15, -0.1) is 4.73 Å². The smallest absolute Gasteiger partial charge is 0.296 e. The Morgan fingerprint density at radius 3 is 2.07 bits per heavy atom. The van der Waals surface area contributed by atoms with Gasteiger partial charge in [0.25, 0.3) is 34.7 Å². The molecule has 3 atom stereocenters. The fraction of sp³-hybridized carbons (Fsp3) is 0.500. The minimum absolute atomic E-state index is 0.00286. The molecule has 4 aliphatic rings. The van der Waals surface area contributed by atoms with Crippen LogP contribution in [0.25, 0.3) is 0 Å². The normalized spacial score (nSPS) is 20.1. The van der Waals surface area contributed by atoms with E-state index in [1.54, 1.807) is 24.3 Å². The molecule has 6 heterocycles. The van der Waals surface area contributed by atoms with Crippen molar-refractivity contribution in [1.82, 2.24) is 46.5 Å². The molecule has 3 aromatic rings. The lowest BCUT2D eigenvalue weighted by atomic mass is 10.1. The number of nitrogens with zero attached hydrogens (tertiary/aromatic N) is 2. The quantitative estimate of drug-likeness (QED) is 0.131. The van der Waals surface area contributed by atoms with Gasteiger partial charge in [-0.2, -0.15) is 0 Å². The summed E-state index contributed by atoms with van der Waals surface area (Å²) in [5.41, 5.74) is -1.65. The van der Waals surface area contributed by atoms with Crippen LogP contribution in [0.15, 0.2) is 64.2 Å². The Balaban J connectivity index is 1.40. The maximum absolute atomic E-state index is 14.1. The summed E-state index contributed by atoms with van der Waals surface area (Å²) in [6.07, 6.45) is 3.36. The molecule has 1 saturated heterocycles. The number of hydrogen-bond acceptors (Lipinski definition) is 12. The van der Waals surface area contributed by atoms with Crippen molar-refractivity contribution in [3.63, 3.8) is 0 Å². The monoisotopic (exact) mass is 847 g/mol. The predicted octanol–water partition coefficient (Wildman–Crippen LogP) is -0.773. The Morgan fingerprint density at radius 2 is 1.36 bits per heavy atom. The second-order valence-corrected chi connectivity index (χ2v) is 14.7. The van der Waals surface area contributed by atoms with Gasteiger partial charge in [0, 0.05) is 26.7 Å². The molecule has 0 radical (unpaired) electrons. The summed E-state index contributed by atoms with van der Waals surface area (Å²) in [7, 11) is 1.39. The van der Waals surface area contributed by atoms with E-state index >= 15 is 0 Å². The molecule has 5 amide bonds. The van der Waals surface area contributed by atoms with E-state index in [4.69, 9.17) is 14.3 Å². The largest absolute Gasteiger partial charge is 0.405 e. The van der Waals surface area contributed by atoms with Crippen molar-refractivity contribution >= 4 is 29.5 Å². The van der Waals surface area contributed by atoms with Crippen LogP contribution in [0.4, 0.5) is 0 Å². The average Bonchev–Trinajstić information content (AvgIpc) is 3.69. The number of carbonyl (C=O) groups is 5. The van der Waals surface area contributed by atoms with E-state index in [0.717, 1.165) is 35.1 Å². The number of amides is 5. The Morgan fingerprint density at radius 1 is 0.721 bits per heavy atom. The van der Waals surface area contributed by atoms with Gasteiger partial charge in [0.15, 0.2) is 0 Å². The Labute approximate surface area is 353 Å². The average molecular weight is 848 g/mol. The third-order valence-corrected chi connectivity index (χ3v) is 10.1. The van der Waals surface area contributed by atoms with Gasteiger partial charge in [0.1, 0.15) is 35.2 Å². The molecule has 61 heavy (non-hydrogen) atoms. The molecule has 7 N–H and O–H groups in total. The zero-order valence-corrected chi connectivity index (χ0v) is 34.7. The lowest BCUT2D eigenvalue weighted by Gasteiger charge is -2.22. The highest BCUT2D eigenvalue weighted by Crippen LogP contribution is 2.11. The summed E-state index contributed by atoms with van der Waals surface area (Å²) in [6, 6.07) is 11.5. The predicted molar refractivity (Wildman–Crippen MR) is 224 cm³/mol. The lowest BCUT2D eigenvalue weighted by Crippen LogP contribution is -2.52. The Hall–Kier alpha value is -5.89. The highest BCUT2D eigenvalue weighted by atomic mass is 16.7. The fourth-order valence-electron chi connectivity index (χ4n) is 6.69. The number of rotatable bonds is 9. The van der Waals surface area contributed by atoms with Crippen molar-refractivity contribution in [2.75, 3.05) is 65.7 Å². The van der Waals surface area contributed by atoms with Gasteiger partial charge >= 0.3 is 0 Å². The van der Waals surface area contributed by atoms with Gasteiger partial charge in [-0.1, -0.05) is 37.3 Å². The summed E-state index contributed by atoms with van der Waals surface area (Å²) >= 11 is 0. The van der Waals surface area contributed by atoms with Crippen LogP contribution in [0.2, 0.25) is 0 Å². The molecule has 0 saturated carbocycles. The SMILES string of the molecule is CCCOCCNC(=O)C1CCNCCCCNCCCNC(=O)c2ccc(n(C)c2=O)C(=O)N[C@@H]2COC[C@@H]2NC(=O)c2ccc(c(=O)n2OCc2ccccc2)C(=O)N1. The maximum Gasteiger partial charge on any atom is 0.296 e. The molecule has 1 fully saturated rings. The number of nitrogens with one attached hydrogen (secondary N) is 7. The lowest BCUT2D eigenvalue weighted by molar-refractivity contribution is -0.123. The first-order valence-electron chi connectivity index (χ1n) is 20.8. The second kappa shape index (κ2) is 23.8. The van der Waals surface area contributed by atoms with E-state index in [1.807, 2.05) is 13.0 Å². The number of fused-ring (bicyclic) bond motifs is 2. The Bertz CT molecular complexity index is 2090. The molecule has 1 unspecified atom stereocenters. The number of ether oxygens (including phenoxy) is 2. The second-order valence-electron chi connectivity index (χ2n) is 14.7. The van der Waals surface area contributed by atoms with Crippen LogP contribution in [-0.4, -0.2) is 123 Å². The summed E-state index contributed by atoms with van der Waals surface area (Å²) in [5, 5.41) is 20.5. The topological polar surface area (TPSA) is 241 Å². The summed E-state index contributed by atoms with van der Waals surface area (Å²) < 4.78 is 12.9. The van der Waals surface area contributed by atoms with Crippen molar-refractivity contribution in [2.24, 2.45) is 7.05 Å². The van der Waals surface area contributed by atoms with Crippen LogP contribution in [-0.2, 0) is 27.9 Å². The first-order valence-corrected chi connectivity index (χ1v) is 20.8. The fourth-order valence-corrected chi connectivity index (χ4v) is 6.69. The van der Waals surface area contributed by atoms with E-state index in [9.17, 15) is 33.6 Å². The van der Waals surface area contributed by atoms with Crippen molar-refractivity contribution in [3.05, 3.63) is 103 Å². The molecule has 0 aliphatic carbocycles. The molecule has 19 heteroatoms. The van der Waals surface area contributed by atoms with E-state index in [-0.39, 0.29) is 55.3 Å². The minimum atomic E-state index is -1.01. The van der Waals surface area contributed by atoms with Crippen molar-refractivity contribution in [1.29, 1.82) is 0 Å². The maximum atomic E-state index is 14.1. The number of benzene rings is 1. The summed E-state index contributed by atoms with van der Waals surface area (Å²) in [4.78, 5) is 101. The molecular weight excluding hydrogens is 791 g/mol. The van der Waals surface area contributed by atoms with Gasteiger partial charge < -0.3 is 56.1 Å². The zero-order chi connectivity index (χ0) is 43.6. The zero-order valence-electron chi connectivity index (χ0n) is 34.7. The first kappa shape index (κ1) is 46.2. The van der Waals surface area contributed by atoms with E-state index in [2.05, 4.69) is 37.2 Å². The molecule has 7 rings (SSSR count). The van der Waals surface area contributed by atoms with E-state index in [1.165, 1.54) is 31.3 Å². The third kappa shape index (κ3) is 13.3. The molecule has 1 aromatic carbocycles. The number of hydrogen-bond donors (Lipinski definition) is 7. The van der Waals surface area contributed by atoms with Crippen LogP contribution in [0.3, 0.4) is 0 Å². The van der Waals surface area contributed by atoms with Crippen molar-refractivity contribution in [2.45, 2.75) is 63.8 Å². The molecule has 2 aromatic heterocycles. The number of aromatic nitrogens is 2. The third-order valence-electron chi connectivity index (χ3n) is 10.1. The van der Waals surface area contributed by atoms with Crippen LogP contribution in [0.1, 0.15) is 86.3 Å². The van der Waals surface area contributed by atoms with Crippen LogP contribution in [0, 0.1) is 0 Å². The number of carbonyl (C=O) groups excluding carboxylic acids is 5. The first-order chi connectivity index (χ1) is 29.6. The molecular formula is C42H57N9O10. The van der Waals surface area contributed by atoms with E-state index < -0.39 is 58.8 Å². The van der Waals surface area contributed by atoms with E-state index in [0.29, 0.717) is 51.4 Å². The van der Waals surface area contributed by atoms with Crippen molar-refractivity contribution < 1.29 is 38.3 Å². The molecule has 4 bridgehead atoms. The van der Waals surface area contributed by atoms with Crippen LogP contribution in [0.5, 0.6) is 0 Å². The Kier molecular flexibility index (Phi) is 18.0. The van der Waals surface area contributed by atoms with Gasteiger partial charge in [-0.3, -0.25) is 33.6 Å². The van der Waals surface area contributed by atoms with Crippen LogP contribution < -0.4 is 53.2 Å². The molecule has 0 spiro atoms. The molecule has 19 nitrogen and oxygen atoms in total. The van der Waals surface area contributed by atoms with Gasteiger partial charge in [-0.05, 0) is 88.1 Å². The number of pyridine rings is 2. The summed E-state index contributed by atoms with van der Waals surface area (Å²) in [6.45, 7) is 5.69. The van der Waals surface area contributed by atoms with Crippen LogP contribution >= 0.6 is 0 Å². The van der Waals surface area contributed by atoms with Crippen molar-refractivity contribution in [3.8, 4) is 0 Å². The minimum Gasteiger partial charge on any atom is -0.405 e. The molecule has 330 valence electrons. The highest BCUT2D eigenvalue weighted by Gasteiger charge is 2.33. The standard InChI is InChI=1S/C42H57N9O10/c1-3-23-59-24-22-46-38(54)31-16-21-44-18-8-7-17-43-19-9-20-45-36(52)29-12-14-34(50(2)41(29)57)39(55)48-32-26-60-27-33(32)49-40(56)35-15-13-30(37(53)47-31)42(58)51(35)61-25-28-10-5-4-6-11-28/h4-6,10-15,31-33,43-44H,3,7-9,16-27H2,1-2H3,(H,45,52)(H,46,54)(H,47,53)(H,48,55)(H,49,56)/t31?,32-,33+/m1/s1. The van der Waals surface area contributed by atoms with Gasteiger partial charge in [0.2, 0.25) is 5.91 Å².